The lowest BCUT2D eigenvalue weighted by Crippen LogP contribution is -1.90. The molecule has 2 heteroatoms. The van der Waals surface area contributed by atoms with Gasteiger partial charge >= 0.3 is 0 Å². The fourth-order valence-electron chi connectivity index (χ4n) is 1.35. The zero-order chi connectivity index (χ0) is 8.55. The molecule has 1 fully saturated rings. The van der Waals surface area contributed by atoms with Gasteiger partial charge in [0, 0.05) is 10.2 Å². The summed E-state index contributed by atoms with van der Waals surface area (Å²) < 4.78 is 1.03. The molecule has 12 heavy (non-hydrogen) atoms. The molecule has 0 atom stereocenters. The molecule has 0 spiro atoms. The molecule has 0 radical (unpaired) electrons. The Morgan fingerprint density at radius 2 is 2.17 bits per heavy atom. The molecule has 0 unspecified atom stereocenters. The molecule has 1 aliphatic rings. The third kappa shape index (κ3) is 1.81. The number of rotatable bonds is 2. The Hall–Kier alpha value is -0.500. The summed E-state index contributed by atoms with van der Waals surface area (Å²) in [7, 11) is 0. The SMILES string of the molecule is Nc1ccc(CC2CC2)cc1Br. The van der Waals surface area contributed by atoms with Gasteiger partial charge in [0.25, 0.3) is 0 Å². The van der Waals surface area contributed by atoms with E-state index in [2.05, 4.69) is 28.1 Å². The van der Waals surface area contributed by atoms with E-state index in [1.807, 2.05) is 6.07 Å². The summed E-state index contributed by atoms with van der Waals surface area (Å²) in [5.74, 6) is 0.945. The smallest absolute Gasteiger partial charge is 0.0458 e. The molecule has 0 saturated heterocycles. The lowest BCUT2D eigenvalue weighted by molar-refractivity contribution is 0.832. The summed E-state index contributed by atoms with van der Waals surface area (Å²) in [6.07, 6.45) is 4.03. The summed E-state index contributed by atoms with van der Waals surface area (Å²) in [5, 5.41) is 0. The summed E-state index contributed by atoms with van der Waals surface area (Å²) in [4.78, 5) is 0. The van der Waals surface area contributed by atoms with Gasteiger partial charge in [-0.1, -0.05) is 6.07 Å². The molecule has 0 bridgehead atoms. The summed E-state index contributed by atoms with van der Waals surface area (Å²) in [6, 6.07) is 6.23. The summed E-state index contributed by atoms with van der Waals surface area (Å²) >= 11 is 3.43. The van der Waals surface area contributed by atoms with Crippen LogP contribution in [-0.2, 0) is 6.42 Å². The molecule has 1 aliphatic carbocycles. The molecule has 1 saturated carbocycles. The molecule has 0 aromatic heterocycles. The first-order chi connectivity index (χ1) is 5.75. The molecule has 0 heterocycles. The zero-order valence-corrected chi connectivity index (χ0v) is 8.47. The van der Waals surface area contributed by atoms with E-state index in [-0.39, 0.29) is 0 Å². The maximum atomic E-state index is 5.69. The van der Waals surface area contributed by atoms with Crippen molar-refractivity contribution in [1.29, 1.82) is 0 Å². The van der Waals surface area contributed by atoms with E-state index in [4.69, 9.17) is 5.73 Å². The van der Waals surface area contributed by atoms with Gasteiger partial charge in [0.15, 0.2) is 0 Å². The van der Waals surface area contributed by atoms with Crippen LogP contribution in [0.4, 0.5) is 5.69 Å². The largest absolute Gasteiger partial charge is 0.398 e. The normalized spacial score (nSPS) is 16.4. The second-order valence-corrected chi connectivity index (χ2v) is 4.36. The number of nitrogen functional groups attached to an aromatic ring is 1. The Morgan fingerprint density at radius 1 is 1.42 bits per heavy atom. The average molecular weight is 226 g/mol. The van der Waals surface area contributed by atoms with E-state index < -0.39 is 0 Å². The molecule has 2 rings (SSSR count). The van der Waals surface area contributed by atoms with Gasteiger partial charge in [0.1, 0.15) is 0 Å². The topological polar surface area (TPSA) is 26.0 Å². The molecule has 0 amide bonds. The van der Waals surface area contributed by atoms with Gasteiger partial charge in [-0.05, 0) is 58.8 Å². The van der Waals surface area contributed by atoms with Gasteiger partial charge in [-0.15, -0.1) is 0 Å². The highest BCUT2D eigenvalue weighted by Gasteiger charge is 2.21. The van der Waals surface area contributed by atoms with Crippen LogP contribution in [0, 0.1) is 5.92 Å². The number of benzene rings is 1. The Balaban J connectivity index is 2.15. The fourth-order valence-corrected chi connectivity index (χ4v) is 1.78. The molecule has 0 aliphatic heterocycles. The molecule has 64 valence electrons. The second-order valence-electron chi connectivity index (χ2n) is 3.50. The highest BCUT2D eigenvalue weighted by Crippen LogP contribution is 2.33. The summed E-state index contributed by atoms with van der Waals surface area (Å²) in [5.41, 5.74) is 7.92. The third-order valence-corrected chi connectivity index (χ3v) is 2.97. The number of nitrogens with two attached hydrogens (primary N) is 1. The number of halogens is 1. The standard InChI is InChI=1S/C10H12BrN/c11-9-6-8(3-4-10(9)12)5-7-1-2-7/h3-4,6-7H,1-2,5,12H2. The van der Waals surface area contributed by atoms with Crippen molar-refractivity contribution >= 4 is 21.6 Å². The molecule has 2 N–H and O–H groups in total. The average Bonchev–Trinajstić information content (AvgIpc) is 2.81. The molecular weight excluding hydrogens is 214 g/mol. The highest BCUT2D eigenvalue weighted by molar-refractivity contribution is 9.10. The van der Waals surface area contributed by atoms with Gasteiger partial charge in [-0.25, -0.2) is 0 Å². The van der Waals surface area contributed by atoms with Crippen LogP contribution in [0.15, 0.2) is 22.7 Å². The van der Waals surface area contributed by atoms with Crippen LogP contribution >= 0.6 is 15.9 Å². The van der Waals surface area contributed by atoms with Crippen LogP contribution in [0.2, 0.25) is 0 Å². The van der Waals surface area contributed by atoms with Crippen LogP contribution < -0.4 is 5.73 Å². The van der Waals surface area contributed by atoms with Crippen molar-refractivity contribution in [3.05, 3.63) is 28.2 Å². The quantitative estimate of drug-likeness (QED) is 0.770. The van der Waals surface area contributed by atoms with Crippen molar-refractivity contribution in [1.82, 2.24) is 0 Å². The molecular formula is C10H12BrN. The molecule has 1 aromatic rings. The van der Waals surface area contributed by atoms with Gasteiger partial charge < -0.3 is 5.73 Å². The van der Waals surface area contributed by atoms with Crippen molar-refractivity contribution < 1.29 is 0 Å². The van der Waals surface area contributed by atoms with Crippen molar-refractivity contribution in [2.45, 2.75) is 19.3 Å². The van der Waals surface area contributed by atoms with Crippen LogP contribution in [-0.4, -0.2) is 0 Å². The Bertz CT molecular complexity index is 292. The predicted octanol–water partition coefficient (Wildman–Crippen LogP) is 2.98. The third-order valence-electron chi connectivity index (χ3n) is 2.29. The van der Waals surface area contributed by atoms with Crippen LogP contribution in [0.3, 0.4) is 0 Å². The minimum absolute atomic E-state index is 0.828. The Kier molecular flexibility index (Phi) is 2.09. The maximum absolute atomic E-state index is 5.69. The lowest BCUT2D eigenvalue weighted by Gasteiger charge is -2.02. The van der Waals surface area contributed by atoms with E-state index >= 15 is 0 Å². The number of anilines is 1. The van der Waals surface area contributed by atoms with E-state index in [0.717, 1.165) is 16.1 Å². The van der Waals surface area contributed by atoms with E-state index in [1.165, 1.54) is 24.8 Å². The van der Waals surface area contributed by atoms with Crippen molar-refractivity contribution in [3.8, 4) is 0 Å². The van der Waals surface area contributed by atoms with Gasteiger partial charge in [0.05, 0.1) is 0 Å². The van der Waals surface area contributed by atoms with Crippen LogP contribution in [0.25, 0.3) is 0 Å². The highest BCUT2D eigenvalue weighted by atomic mass is 79.9. The van der Waals surface area contributed by atoms with Crippen molar-refractivity contribution in [2.24, 2.45) is 5.92 Å². The first kappa shape index (κ1) is 8.11. The summed E-state index contributed by atoms with van der Waals surface area (Å²) in [6.45, 7) is 0. The minimum atomic E-state index is 0.828. The van der Waals surface area contributed by atoms with Gasteiger partial charge in [0.2, 0.25) is 0 Å². The zero-order valence-electron chi connectivity index (χ0n) is 6.89. The van der Waals surface area contributed by atoms with Crippen molar-refractivity contribution in [3.63, 3.8) is 0 Å². The fraction of sp³-hybridized carbons (Fsp3) is 0.400. The van der Waals surface area contributed by atoms with Gasteiger partial charge in [-0.2, -0.15) is 0 Å². The number of hydrogen-bond acceptors (Lipinski definition) is 1. The molecule has 1 aromatic carbocycles. The Morgan fingerprint density at radius 3 is 2.75 bits per heavy atom. The number of hydrogen-bond donors (Lipinski definition) is 1. The first-order valence-electron chi connectivity index (χ1n) is 4.29. The minimum Gasteiger partial charge on any atom is -0.398 e. The second kappa shape index (κ2) is 3.09. The van der Waals surface area contributed by atoms with Gasteiger partial charge in [-0.3, -0.25) is 0 Å². The molecule has 1 nitrogen and oxygen atoms in total. The van der Waals surface area contributed by atoms with Crippen LogP contribution in [0.1, 0.15) is 18.4 Å². The monoisotopic (exact) mass is 225 g/mol. The Labute approximate surface area is 81.1 Å². The predicted molar refractivity (Wildman–Crippen MR) is 55.0 cm³/mol. The van der Waals surface area contributed by atoms with Crippen LogP contribution in [0.5, 0.6) is 0 Å². The van der Waals surface area contributed by atoms with E-state index in [0.29, 0.717) is 0 Å². The maximum Gasteiger partial charge on any atom is 0.0458 e. The lowest BCUT2D eigenvalue weighted by atomic mass is 10.1. The van der Waals surface area contributed by atoms with Crippen molar-refractivity contribution in [2.75, 3.05) is 5.73 Å². The first-order valence-corrected chi connectivity index (χ1v) is 5.09. The van der Waals surface area contributed by atoms with E-state index in [1.54, 1.807) is 0 Å². The van der Waals surface area contributed by atoms with E-state index in [9.17, 15) is 0 Å².